The quantitative estimate of drug-likeness (QED) is 0.463. The van der Waals surface area contributed by atoms with Gasteiger partial charge in [-0.25, -0.2) is 4.98 Å². The second kappa shape index (κ2) is 13.8. The number of aryl methyl sites for hydroxylation is 1. The Balaban J connectivity index is 1.67. The number of esters is 1. The van der Waals surface area contributed by atoms with Crippen LogP contribution in [0, 0.1) is 0 Å². The van der Waals surface area contributed by atoms with Crippen LogP contribution in [-0.4, -0.2) is 47.3 Å². The van der Waals surface area contributed by atoms with E-state index in [1.807, 2.05) is 43.3 Å². The van der Waals surface area contributed by atoms with Crippen LogP contribution >= 0.6 is 0 Å². The van der Waals surface area contributed by atoms with Crippen molar-refractivity contribution < 1.29 is 19.1 Å². The van der Waals surface area contributed by atoms with E-state index in [0.29, 0.717) is 25.2 Å². The molecule has 172 valence electrons. The number of nitrogens with one attached hydrogen (secondary N) is 1. The molecule has 0 aliphatic rings. The molecule has 2 amide bonds. The van der Waals surface area contributed by atoms with Gasteiger partial charge in [0.25, 0.3) is 0 Å². The molecule has 0 radical (unpaired) electrons. The number of ether oxygens (including phenoxy) is 1. The highest BCUT2D eigenvalue weighted by Crippen LogP contribution is 2.09. The van der Waals surface area contributed by atoms with E-state index in [0.717, 1.165) is 24.0 Å². The fraction of sp³-hybridized carbons (Fsp3) is 0.417. The molecule has 1 aromatic heterocycles. The maximum atomic E-state index is 12.6. The fourth-order valence-corrected chi connectivity index (χ4v) is 3.16. The molecule has 1 aromatic carbocycles. The molecule has 8 heteroatoms. The maximum absolute atomic E-state index is 12.6. The van der Waals surface area contributed by atoms with Crippen molar-refractivity contribution in [1.29, 1.82) is 0 Å². The second-order valence-corrected chi connectivity index (χ2v) is 7.50. The highest BCUT2D eigenvalue weighted by atomic mass is 16.5. The van der Waals surface area contributed by atoms with E-state index in [4.69, 9.17) is 10.5 Å². The summed E-state index contributed by atoms with van der Waals surface area (Å²) >= 11 is 0. The van der Waals surface area contributed by atoms with Gasteiger partial charge in [0.2, 0.25) is 11.8 Å². The summed E-state index contributed by atoms with van der Waals surface area (Å²) in [6, 6.07) is 13.1. The normalized spacial score (nSPS) is 10.4. The van der Waals surface area contributed by atoms with Gasteiger partial charge in [-0.1, -0.05) is 37.3 Å². The van der Waals surface area contributed by atoms with Gasteiger partial charge in [0.15, 0.2) is 0 Å². The molecule has 8 nitrogen and oxygen atoms in total. The van der Waals surface area contributed by atoms with E-state index in [1.165, 1.54) is 0 Å². The van der Waals surface area contributed by atoms with Crippen LogP contribution in [0.5, 0.6) is 0 Å². The number of hydrogen-bond donors (Lipinski definition) is 2. The molecule has 2 rings (SSSR count). The highest BCUT2D eigenvalue weighted by Gasteiger charge is 2.16. The predicted octanol–water partition coefficient (Wildman–Crippen LogP) is 2.47. The maximum Gasteiger partial charge on any atom is 0.307 e. The average molecular weight is 441 g/mol. The Labute approximate surface area is 189 Å². The first-order valence-electron chi connectivity index (χ1n) is 10.9. The van der Waals surface area contributed by atoms with Crippen LogP contribution < -0.4 is 11.1 Å². The van der Waals surface area contributed by atoms with Gasteiger partial charge in [-0.2, -0.15) is 0 Å². The van der Waals surface area contributed by atoms with Crippen LogP contribution in [0.3, 0.4) is 0 Å². The first kappa shape index (κ1) is 24.8. The lowest BCUT2D eigenvalue weighted by Crippen LogP contribution is -2.41. The number of carbonyl (C=O) groups excluding carboxylic acids is 3. The van der Waals surface area contributed by atoms with E-state index in [2.05, 4.69) is 10.3 Å². The summed E-state index contributed by atoms with van der Waals surface area (Å²) in [5.41, 5.74) is 7.62. The van der Waals surface area contributed by atoms with Crippen LogP contribution in [0.2, 0.25) is 0 Å². The van der Waals surface area contributed by atoms with Gasteiger partial charge in [-0.05, 0) is 42.5 Å². The van der Waals surface area contributed by atoms with Gasteiger partial charge >= 0.3 is 5.97 Å². The van der Waals surface area contributed by atoms with Crippen molar-refractivity contribution in [3.63, 3.8) is 0 Å². The van der Waals surface area contributed by atoms with Crippen molar-refractivity contribution in [2.75, 3.05) is 25.4 Å². The minimum Gasteiger partial charge on any atom is -0.461 e. The Morgan fingerprint density at radius 1 is 1.09 bits per heavy atom. The molecule has 0 aliphatic heterocycles. The van der Waals surface area contributed by atoms with E-state index >= 15 is 0 Å². The van der Waals surface area contributed by atoms with Crippen molar-refractivity contribution in [2.45, 2.75) is 45.6 Å². The molecule has 3 N–H and O–H groups in total. The Hall–Kier alpha value is -3.42. The lowest BCUT2D eigenvalue weighted by Gasteiger charge is -2.21. The molecule has 0 bridgehead atoms. The smallest absolute Gasteiger partial charge is 0.307 e. The summed E-state index contributed by atoms with van der Waals surface area (Å²) < 4.78 is 5.19. The van der Waals surface area contributed by atoms with Gasteiger partial charge in [-0.3, -0.25) is 14.4 Å². The summed E-state index contributed by atoms with van der Waals surface area (Å²) in [5, 5.41) is 2.69. The standard InChI is InChI=1S/C24H32N4O4/c1-2-15-28(23(30)10-6-9-19-11-13-26-21(25)16-19)17-22(29)27-14-12-24(31)32-18-20-7-4-3-5-8-20/h3-5,7-8,11,13,16H,2,6,9-10,12,14-15,17-18H2,1H3,(H2,25,26)(H,27,29). The molecular formula is C24H32N4O4. The molecule has 1 heterocycles. The minimum absolute atomic E-state index is 0.0199. The summed E-state index contributed by atoms with van der Waals surface area (Å²) in [4.78, 5) is 42.2. The number of pyridine rings is 1. The third kappa shape index (κ3) is 9.59. The number of nitrogens with two attached hydrogens (primary N) is 1. The summed E-state index contributed by atoms with van der Waals surface area (Å²) in [7, 11) is 0. The number of amides is 2. The summed E-state index contributed by atoms with van der Waals surface area (Å²) in [6.45, 7) is 2.82. The van der Waals surface area contributed by atoms with Crippen molar-refractivity contribution >= 4 is 23.6 Å². The number of hydrogen-bond acceptors (Lipinski definition) is 6. The van der Waals surface area contributed by atoms with Crippen LogP contribution in [0.4, 0.5) is 5.82 Å². The minimum atomic E-state index is -0.382. The first-order valence-corrected chi connectivity index (χ1v) is 10.9. The fourth-order valence-electron chi connectivity index (χ4n) is 3.16. The molecule has 0 atom stereocenters. The largest absolute Gasteiger partial charge is 0.461 e. The zero-order valence-corrected chi connectivity index (χ0v) is 18.6. The third-order valence-electron chi connectivity index (χ3n) is 4.78. The number of aromatic nitrogens is 1. The number of anilines is 1. The molecular weight excluding hydrogens is 408 g/mol. The average Bonchev–Trinajstić information content (AvgIpc) is 2.78. The van der Waals surface area contributed by atoms with Gasteiger partial charge in [-0.15, -0.1) is 0 Å². The molecule has 0 saturated carbocycles. The van der Waals surface area contributed by atoms with Crippen LogP contribution in [0.1, 0.15) is 43.7 Å². The SMILES string of the molecule is CCCN(CC(=O)NCCC(=O)OCc1ccccc1)C(=O)CCCc1ccnc(N)c1. The number of nitrogens with zero attached hydrogens (tertiary/aromatic N) is 2. The van der Waals surface area contributed by atoms with E-state index < -0.39 is 0 Å². The van der Waals surface area contributed by atoms with Crippen LogP contribution in [0.15, 0.2) is 48.7 Å². The number of rotatable bonds is 13. The van der Waals surface area contributed by atoms with E-state index in [-0.39, 0.29) is 43.9 Å². The van der Waals surface area contributed by atoms with E-state index in [9.17, 15) is 14.4 Å². The van der Waals surface area contributed by atoms with E-state index in [1.54, 1.807) is 17.2 Å². The van der Waals surface area contributed by atoms with Gasteiger partial charge in [0, 0.05) is 25.7 Å². The molecule has 32 heavy (non-hydrogen) atoms. The Morgan fingerprint density at radius 3 is 2.59 bits per heavy atom. The van der Waals surface area contributed by atoms with Gasteiger partial charge in [0.05, 0.1) is 13.0 Å². The second-order valence-electron chi connectivity index (χ2n) is 7.50. The zero-order valence-electron chi connectivity index (χ0n) is 18.6. The Morgan fingerprint density at radius 2 is 1.88 bits per heavy atom. The molecule has 0 saturated heterocycles. The molecule has 0 aliphatic carbocycles. The van der Waals surface area contributed by atoms with Crippen LogP contribution in [-0.2, 0) is 32.1 Å². The highest BCUT2D eigenvalue weighted by molar-refractivity contribution is 5.85. The lowest BCUT2D eigenvalue weighted by atomic mass is 10.1. The lowest BCUT2D eigenvalue weighted by molar-refractivity contribution is -0.145. The summed E-state index contributed by atoms with van der Waals surface area (Å²) in [5.74, 6) is -0.273. The number of carbonyl (C=O) groups is 3. The number of nitrogen functional groups attached to an aromatic ring is 1. The predicted molar refractivity (Wildman–Crippen MR) is 122 cm³/mol. The first-order chi connectivity index (χ1) is 15.5. The molecule has 0 spiro atoms. The van der Waals surface area contributed by atoms with Crippen molar-refractivity contribution in [1.82, 2.24) is 15.2 Å². The Kier molecular flexibility index (Phi) is 10.7. The van der Waals surface area contributed by atoms with Gasteiger partial charge in [0.1, 0.15) is 12.4 Å². The van der Waals surface area contributed by atoms with Crippen molar-refractivity contribution in [3.05, 3.63) is 59.8 Å². The topological polar surface area (TPSA) is 115 Å². The molecule has 2 aromatic rings. The van der Waals surface area contributed by atoms with Crippen molar-refractivity contribution in [2.24, 2.45) is 0 Å². The molecule has 0 unspecified atom stereocenters. The third-order valence-corrected chi connectivity index (χ3v) is 4.78. The monoisotopic (exact) mass is 440 g/mol. The van der Waals surface area contributed by atoms with Crippen LogP contribution in [0.25, 0.3) is 0 Å². The van der Waals surface area contributed by atoms with Gasteiger partial charge < -0.3 is 20.7 Å². The Bertz CT molecular complexity index is 873. The number of benzene rings is 1. The summed E-state index contributed by atoms with van der Waals surface area (Å²) in [6.07, 6.45) is 4.22. The van der Waals surface area contributed by atoms with Crippen molar-refractivity contribution in [3.8, 4) is 0 Å². The zero-order chi connectivity index (χ0) is 23.2. The molecule has 0 fully saturated rings.